The number of alkyl carbamates (subject to hydrolysis) is 1. The van der Waals surface area contributed by atoms with Gasteiger partial charge in [0.25, 0.3) is 0 Å². The Kier molecular flexibility index (Phi) is 7.21. The topological polar surface area (TPSA) is 95.9 Å². The van der Waals surface area contributed by atoms with Crippen molar-refractivity contribution in [2.75, 3.05) is 0 Å². The SMILES string of the molecule is C=CCC[C@H](NC(=O)OC(C)(C)C)C(=O)N1[C@@H](C=C)CC[C@H]1C(=O)O. The number of likely N-dealkylation sites (tertiary alicyclic amines) is 1. The zero-order valence-corrected chi connectivity index (χ0v) is 15.2. The van der Waals surface area contributed by atoms with Crippen molar-refractivity contribution in [3.8, 4) is 0 Å². The predicted molar refractivity (Wildman–Crippen MR) is 94.1 cm³/mol. The van der Waals surface area contributed by atoms with Gasteiger partial charge < -0.3 is 20.1 Å². The minimum Gasteiger partial charge on any atom is -0.480 e. The summed E-state index contributed by atoms with van der Waals surface area (Å²) in [6, 6.07) is -2.15. The maximum atomic E-state index is 12.9. The fourth-order valence-electron chi connectivity index (χ4n) is 2.80. The van der Waals surface area contributed by atoms with Crippen molar-refractivity contribution >= 4 is 18.0 Å². The molecule has 1 rings (SSSR count). The first kappa shape index (κ1) is 20.7. The first-order chi connectivity index (χ1) is 11.6. The molecule has 7 nitrogen and oxygen atoms in total. The molecule has 140 valence electrons. The van der Waals surface area contributed by atoms with E-state index in [4.69, 9.17) is 4.74 Å². The van der Waals surface area contributed by atoms with Crippen LogP contribution in [0.25, 0.3) is 0 Å². The molecule has 0 aromatic carbocycles. The third kappa shape index (κ3) is 5.92. The van der Waals surface area contributed by atoms with Crippen molar-refractivity contribution in [1.29, 1.82) is 0 Å². The molecular formula is C18H28N2O5. The van der Waals surface area contributed by atoms with Gasteiger partial charge in [0.1, 0.15) is 17.7 Å². The van der Waals surface area contributed by atoms with Gasteiger partial charge in [-0.15, -0.1) is 13.2 Å². The number of hydrogen-bond acceptors (Lipinski definition) is 4. The quantitative estimate of drug-likeness (QED) is 0.686. The maximum Gasteiger partial charge on any atom is 0.408 e. The standard InChI is InChI=1S/C18H28N2O5/c1-6-8-9-13(19-17(24)25-18(3,4)5)15(21)20-12(7-2)10-11-14(20)16(22)23/h6-7,12-14H,1-2,8-11H2,3-5H3,(H,19,24)(H,22,23)/t12-,13-,14-/m0/s1. The second-order valence-corrected chi connectivity index (χ2v) is 7.04. The van der Waals surface area contributed by atoms with E-state index in [0.717, 1.165) is 0 Å². The average Bonchev–Trinajstić information content (AvgIpc) is 2.92. The van der Waals surface area contributed by atoms with Crippen LogP contribution in [0.2, 0.25) is 0 Å². The number of aliphatic carboxylic acids is 1. The first-order valence-electron chi connectivity index (χ1n) is 8.38. The summed E-state index contributed by atoms with van der Waals surface area (Å²) in [6.45, 7) is 12.5. The van der Waals surface area contributed by atoms with Crippen molar-refractivity contribution in [2.45, 2.75) is 70.2 Å². The second kappa shape index (κ2) is 8.69. The van der Waals surface area contributed by atoms with Crippen LogP contribution in [-0.2, 0) is 14.3 Å². The Balaban J connectivity index is 2.97. The highest BCUT2D eigenvalue weighted by atomic mass is 16.6. The number of amides is 2. The van der Waals surface area contributed by atoms with E-state index in [0.29, 0.717) is 25.7 Å². The minimum atomic E-state index is -1.06. The lowest BCUT2D eigenvalue weighted by molar-refractivity contribution is -0.150. The molecule has 1 heterocycles. The van der Waals surface area contributed by atoms with E-state index in [2.05, 4.69) is 18.5 Å². The van der Waals surface area contributed by atoms with Crippen molar-refractivity contribution in [2.24, 2.45) is 0 Å². The average molecular weight is 352 g/mol. The van der Waals surface area contributed by atoms with Gasteiger partial charge >= 0.3 is 12.1 Å². The molecule has 1 fully saturated rings. The molecule has 0 aromatic heterocycles. The summed E-state index contributed by atoms with van der Waals surface area (Å²) in [7, 11) is 0. The molecular weight excluding hydrogens is 324 g/mol. The van der Waals surface area contributed by atoms with E-state index in [9.17, 15) is 19.5 Å². The van der Waals surface area contributed by atoms with Gasteiger partial charge in [-0.25, -0.2) is 9.59 Å². The summed E-state index contributed by atoms with van der Waals surface area (Å²) in [4.78, 5) is 37.8. The van der Waals surface area contributed by atoms with Crippen molar-refractivity contribution in [3.63, 3.8) is 0 Å². The van der Waals surface area contributed by atoms with Crippen LogP contribution in [0.1, 0.15) is 46.5 Å². The van der Waals surface area contributed by atoms with Crippen molar-refractivity contribution in [1.82, 2.24) is 10.2 Å². The lowest BCUT2D eigenvalue weighted by atomic mass is 10.1. The molecule has 7 heteroatoms. The summed E-state index contributed by atoms with van der Waals surface area (Å²) < 4.78 is 5.21. The van der Waals surface area contributed by atoms with E-state index >= 15 is 0 Å². The number of rotatable bonds is 7. The molecule has 0 aromatic rings. The van der Waals surface area contributed by atoms with Gasteiger partial charge in [-0.1, -0.05) is 12.2 Å². The number of nitrogens with one attached hydrogen (secondary N) is 1. The number of allylic oxidation sites excluding steroid dienone is 1. The van der Waals surface area contributed by atoms with Crippen molar-refractivity contribution < 1.29 is 24.2 Å². The number of carboxylic acids is 1. The van der Waals surface area contributed by atoms with Gasteiger partial charge in [0.05, 0.1) is 6.04 Å². The molecule has 25 heavy (non-hydrogen) atoms. The normalized spacial score (nSPS) is 21.3. The number of carboxylic acid groups (broad SMARTS) is 1. The Morgan fingerprint density at radius 3 is 2.44 bits per heavy atom. The molecule has 2 N–H and O–H groups in total. The maximum absolute atomic E-state index is 12.9. The molecule has 0 bridgehead atoms. The largest absolute Gasteiger partial charge is 0.480 e. The smallest absolute Gasteiger partial charge is 0.408 e. The van der Waals surface area contributed by atoms with E-state index < -0.39 is 35.7 Å². The molecule has 1 saturated heterocycles. The van der Waals surface area contributed by atoms with E-state index in [1.165, 1.54) is 4.90 Å². The Morgan fingerprint density at radius 1 is 1.32 bits per heavy atom. The number of hydrogen-bond donors (Lipinski definition) is 2. The van der Waals surface area contributed by atoms with Crippen LogP contribution < -0.4 is 5.32 Å². The van der Waals surface area contributed by atoms with Gasteiger partial charge in [0.15, 0.2) is 0 Å². The molecule has 3 atom stereocenters. The van der Waals surface area contributed by atoms with Crippen LogP contribution in [0, 0.1) is 0 Å². The van der Waals surface area contributed by atoms with E-state index in [1.54, 1.807) is 32.9 Å². The van der Waals surface area contributed by atoms with Gasteiger partial charge in [-0.3, -0.25) is 4.79 Å². The molecule has 0 aliphatic carbocycles. The number of ether oxygens (including phenoxy) is 1. The number of nitrogens with zero attached hydrogens (tertiary/aromatic N) is 1. The minimum absolute atomic E-state index is 0.314. The molecule has 1 aliphatic heterocycles. The summed E-state index contributed by atoms with van der Waals surface area (Å²) in [5.74, 6) is -1.50. The Labute approximate surface area is 148 Å². The Hall–Kier alpha value is -2.31. The zero-order chi connectivity index (χ0) is 19.2. The Bertz CT molecular complexity index is 538. The van der Waals surface area contributed by atoms with Gasteiger partial charge in [-0.2, -0.15) is 0 Å². The number of carbonyl (C=O) groups is 3. The highest BCUT2D eigenvalue weighted by molar-refractivity contribution is 5.90. The van der Waals surface area contributed by atoms with Crippen LogP contribution in [0.5, 0.6) is 0 Å². The summed E-state index contributed by atoms with van der Waals surface area (Å²) >= 11 is 0. The van der Waals surface area contributed by atoms with Crippen LogP contribution >= 0.6 is 0 Å². The lowest BCUT2D eigenvalue weighted by Crippen LogP contribution is -2.54. The van der Waals surface area contributed by atoms with Gasteiger partial charge in [0, 0.05) is 0 Å². The molecule has 0 saturated carbocycles. The Morgan fingerprint density at radius 2 is 1.96 bits per heavy atom. The second-order valence-electron chi connectivity index (χ2n) is 7.04. The third-order valence-corrected chi connectivity index (χ3v) is 3.89. The third-order valence-electron chi connectivity index (χ3n) is 3.89. The van der Waals surface area contributed by atoms with Crippen LogP contribution in [0.4, 0.5) is 4.79 Å². The lowest BCUT2D eigenvalue weighted by Gasteiger charge is -2.31. The van der Waals surface area contributed by atoms with E-state index in [1.807, 2.05) is 0 Å². The van der Waals surface area contributed by atoms with Gasteiger partial charge in [-0.05, 0) is 46.5 Å². The fraction of sp³-hybridized carbons (Fsp3) is 0.611. The monoisotopic (exact) mass is 352 g/mol. The number of carbonyl (C=O) groups excluding carboxylic acids is 2. The molecule has 0 radical (unpaired) electrons. The van der Waals surface area contributed by atoms with Gasteiger partial charge in [0.2, 0.25) is 5.91 Å². The molecule has 0 spiro atoms. The van der Waals surface area contributed by atoms with Crippen LogP contribution in [0.15, 0.2) is 25.3 Å². The summed E-state index contributed by atoms with van der Waals surface area (Å²) in [5.41, 5.74) is -0.697. The summed E-state index contributed by atoms with van der Waals surface area (Å²) in [6.07, 6.45) is 4.20. The zero-order valence-electron chi connectivity index (χ0n) is 15.2. The predicted octanol–water partition coefficient (Wildman–Crippen LogP) is 2.48. The fourth-order valence-corrected chi connectivity index (χ4v) is 2.80. The molecule has 2 amide bonds. The van der Waals surface area contributed by atoms with Crippen molar-refractivity contribution in [3.05, 3.63) is 25.3 Å². The van der Waals surface area contributed by atoms with Crippen LogP contribution in [0.3, 0.4) is 0 Å². The molecule has 0 unspecified atom stereocenters. The highest BCUT2D eigenvalue weighted by Crippen LogP contribution is 2.26. The highest BCUT2D eigenvalue weighted by Gasteiger charge is 2.42. The molecule has 1 aliphatic rings. The van der Waals surface area contributed by atoms with E-state index in [-0.39, 0.29) is 6.04 Å². The van der Waals surface area contributed by atoms with Crippen LogP contribution in [-0.4, -0.2) is 51.7 Å². The summed E-state index contributed by atoms with van der Waals surface area (Å²) in [5, 5.41) is 11.9. The first-order valence-corrected chi connectivity index (χ1v) is 8.38.